The smallest absolute Gasteiger partial charge is 0.119 e. The fraction of sp³-hybridized carbons (Fsp3) is 0.571. The van der Waals surface area contributed by atoms with E-state index in [2.05, 4.69) is 26.0 Å². The Balaban J connectivity index is 2.39. The maximum absolute atomic E-state index is 5.74. The zero-order valence-corrected chi connectivity index (χ0v) is 10.6. The molecule has 0 spiro atoms. The Labute approximate surface area is 98.8 Å². The van der Waals surface area contributed by atoms with Crippen molar-refractivity contribution in [1.29, 1.82) is 0 Å². The van der Waals surface area contributed by atoms with Gasteiger partial charge in [-0.1, -0.05) is 26.0 Å². The highest BCUT2D eigenvalue weighted by Crippen LogP contribution is 2.14. The van der Waals surface area contributed by atoms with Crippen molar-refractivity contribution in [3.63, 3.8) is 0 Å². The highest BCUT2D eigenvalue weighted by molar-refractivity contribution is 5.27. The summed E-state index contributed by atoms with van der Waals surface area (Å²) in [6.07, 6.45) is 2.02. The van der Waals surface area contributed by atoms with Crippen molar-refractivity contribution in [2.75, 3.05) is 6.61 Å². The monoisotopic (exact) mass is 221 g/mol. The average Bonchev–Trinajstić information content (AvgIpc) is 2.19. The number of rotatable bonds is 6. The summed E-state index contributed by atoms with van der Waals surface area (Å²) in [7, 11) is 0. The second-order valence-electron chi connectivity index (χ2n) is 4.86. The molecule has 0 bridgehead atoms. The highest BCUT2D eigenvalue weighted by Gasteiger charge is 1.99. The van der Waals surface area contributed by atoms with Gasteiger partial charge >= 0.3 is 0 Å². The number of ether oxygens (including phenoxy) is 1. The van der Waals surface area contributed by atoms with Gasteiger partial charge in [-0.05, 0) is 43.4 Å². The van der Waals surface area contributed by atoms with Crippen LogP contribution < -0.4 is 10.5 Å². The highest BCUT2D eigenvalue weighted by atomic mass is 16.5. The van der Waals surface area contributed by atoms with E-state index in [9.17, 15) is 0 Å². The minimum Gasteiger partial charge on any atom is -0.494 e. The second-order valence-corrected chi connectivity index (χ2v) is 4.86. The third kappa shape index (κ3) is 5.17. The molecular formula is C14H23NO. The predicted octanol–water partition coefficient (Wildman–Crippen LogP) is 3.00. The second kappa shape index (κ2) is 6.54. The molecule has 1 rings (SSSR count). The molecule has 1 aromatic carbocycles. The molecule has 2 N–H and O–H groups in total. The van der Waals surface area contributed by atoms with Gasteiger partial charge in [0.15, 0.2) is 0 Å². The van der Waals surface area contributed by atoms with Crippen LogP contribution in [0.5, 0.6) is 5.75 Å². The van der Waals surface area contributed by atoms with Gasteiger partial charge in [0.25, 0.3) is 0 Å². The molecule has 0 fully saturated rings. The van der Waals surface area contributed by atoms with Crippen LogP contribution in [-0.4, -0.2) is 12.6 Å². The normalized spacial score (nSPS) is 12.8. The summed E-state index contributed by atoms with van der Waals surface area (Å²) in [6.45, 7) is 7.22. The standard InChI is InChI=1S/C14H23NO/c1-11(2)8-9-16-14-6-4-13(5-7-14)10-12(3)15/h4-7,11-12H,8-10,15H2,1-3H3. The summed E-state index contributed by atoms with van der Waals surface area (Å²) < 4.78 is 5.65. The lowest BCUT2D eigenvalue weighted by Crippen LogP contribution is -2.17. The van der Waals surface area contributed by atoms with Crippen LogP contribution in [0.2, 0.25) is 0 Å². The Morgan fingerprint density at radius 3 is 2.25 bits per heavy atom. The molecule has 1 atom stereocenters. The molecule has 0 heterocycles. The van der Waals surface area contributed by atoms with Gasteiger partial charge in [-0.15, -0.1) is 0 Å². The lowest BCUT2D eigenvalue weighted by Gasteiger charge is -2.09. The first-order valence-electron chi connectivity index (χ1n) is 6.05. The largest absolute Gasteiger partial charge is 0.494 e. The van der Waals surface area contributed by atoms with E-state index in [1.807, 2.05) is 19.1 Å². The van der Waals surface area contributed by atoms with Crippen LogP contribution in [0, 0.1) is 5.92 Å². The van der Waals surface area contributed by atoms with E-state index in [1.165, 1.54) is 5.56 Å². The van der Waals surface area contributed by atoms with Crippen molar-refractivity contribution in [2.24, 2.45) is 11.7 Å². The molecule has 2 heteroatoms. The van der Waals surface area contributed by atoms with E-state index in [1.54, 1.807) is 0 Å². The number of hydrogen-bond donors (Lipinski definition) is 1. The molecule has 2 nitrogen and oxygen atoms in total. The number of benzene rings is 1. The Hall–Kier alpha value is -1.02. The summed E-state index contributed by atoms with van der Waals surface area (Å²) in [5.41, 5.74) is 7.01. The van der Waals surface area contributed by atoms with Gasteiger partial charge < -0.3 is 10.5 Å². The van der Waals surface area contributed by atoms with Gasteiger partial charge in [-0.3, -0.25) is 0 Å². The predicted molar refractivity (Wildman–Crippen MR) is 68.7 cm³/mol. The molecule has 0 aromatic heterocycles. The Morgan fingerprint density at radius 2 is 1.75 bits per heavy atom. The van der Waals surface area contributed by atoms with Gasteiger partial charge in [-0.2, -0.15) is 0 Å². The molecule has 0 radical (unpaired) electrons. The molecular weight excluding hydrogens is 198 g/mol. The molecule has 0 amide bonds. The maximum Gasteiger partial charge on any atom is 0.119 e. The van der Waals surface area contributed by atoms with Gasteiger partial charge in [0.05, 0.1) is 6.61 Å². The summed E-state index contributed by atoms with van der Waals surface area (Å²) in [5, 5.41) is 0. The Morgan fingerprint density at radius 1 is 1.12 bits per heavy atom. The average molecular weight is 221 g/mol. The van der Waals surface area contributed by atoms with Crippen molar-refractivity contribution in [3.8, 4) is 5.75 Å². The van der Waals surface area contributed by atoms with Gasteiger partial charge in [0, 0.05) is 6.04 Å². The van der Waals surface area contributed by atoms with E-state index in [0.717, 1.165) is 25.2 Å². The van der Waals surface area contributed by atoms with Crippen molar-refractivity contribution in [1.82, 2.24) is 0 Å². The third-order valence-corrected chi connectivity index (χ3v) is 2.44. The van der Waals surface area contributed by atoms with E-state index in [-0.39, 0.29) is 6.04 Å². The summed E-state index contributed by atoms with van der Waals surface area (Å²) >= 11 is 0. The van der Waals surface area contributed by atoms with Crippen molar-refractivity contribution in [2.45, 2.75) is 39.7 Å². The number of hydrogen-bond acceptors (Lipinski definition) is 2. The van der Waals surface area contributed by atoms with Crippen molar-refractivity contribution < 1.29 is 4.74 Å². The van der Waals surface area contributed by atoms with E-state index in [4.69, 9.17) is 10.5 Å². The quantitative estimate of drug-likeness (QED) is 0.801. The first kappa shape index (κ1) is 13.0. The van der Waals surface area contributed by atoms with Crippen LogP contribution in [0.1, 0.15) is 32.8 Å². The minimum atomic E-state index is 0.215. The van der Waals surface area contributed by atoms with E-state index in [0.29, 0.717) is 5.92 Å². The first-order valence-corrected chi connectivity index (χ1v) is 6.05. The fourth-order valence-electron chi connectivity index (χ4n) is 1.51. The van der Waals surface area contributed by atoms with Crippen LogP contribution in [0.3, 0.4) is 0 Å². The first-order chi connectivity index (χ1) is 7.58. The molecule has 0 aliphatic carbocycles. The van der Waals surface area contributed by atoms with Crippen LogP contribution in [0.15, 0.2) is 24.3 Å². The minimum absolute atomic E-state index is 0.215. The van der Waals surface area contributed by atoms with Gasteiger partial charge in [0.1, 0.15) is 5.75 Å². The Kier molecular flexibility index (Phi) is 5.33. The topological polar surface area (TPSA) is 35.2 Å². The summed E-state index contributed by atoms with van der Waals surface area (Å²) in [5.74, 6) is 1.64. The molecule has 1 aromatic rings. The molecule has 0 aliphatic heterocycles. The lowest BCUT2D eigenvalue weighted by atomic mass is 10.1. The molecule has 0 saturated carbocycles. The maximum atomic E-state index is 5.74. The third-order valence-electron chi connectivity index (χ3n) is 2.44. The van der Waals surface area contributed by atoms with E-state index < -0.39 is 0 Å². The van der Waals surface area contributed by atoms with Crippen LogP contribution >= 0.6 is 0 Å². The zero-order valence-electron chi connectivity index (χ0n) is 10.6. The number of nitrogens with two attached hydrogens (primary N) is 1. The van der Waals surface area contributed by atoms with Gasteiger partial charge in [0.2, 0.25) is 0 Å². The van der Waals surface area contributed by atoms with E-state index >= 15 is 0 Å². The molecule has 90 valence electrons. The zero-order chi connectivity index (χ0) is 12.0. The molecule has 1 unspecified atom stereocenters. The van der Waals surface area contributed by atoms with Gasteiger partial charge in [-0.25, -0.2) is 0 Å². The molecule has 0 saturated heterocycles. The fourth-order valence-corrected chi connectivity index (χ4v) is 1.51. The summed E-state index contributed by atoms with van der Waals surface area (Å²) in [6, 6.07) is 8.45. The lowest BCUT2D eigenvalue weighted by molar-refractivity contribution is 0.289. The summed E-state index contributed by atoms with van der Waals surface area (Å²) in [4.78, 5) is 0. The van der Waals surface area contributed by atoms with Crippen LogP contribution in [0.4, 0.5) is 0 Å². The van der Waals surface area contributed by atoms with Crippen LogP contribution in [-0.2, 0) is 6.42 Å². The Bertz CT molecular complexity index is 290. The molecule has 0 aliphatic rings. The van der Waals surface area contributed by atoms with Crippen molar-refractivity contribution in [3.05, 3.63) is 29.8 Å². The SMILES string of the molecule is CC(C)CCOc1ccc(CC(C)N)cc1. The molecule has 16 heavy (non-hydrogen) atoms. The van der Waals surface area contributed by atoms with Crippen LogP contribution in [0.25, 0.3) is 0 Å². The van der Waals surface area contributed by atoms with Crippen molar-refractivity contribution >= 4 is 0 Å².